The summed E-state index contributed by atoms with van der Waals surface area (Å²) in [5.41, 5.74) is 0.524. The Bertz CT molecular complexity index is 510. The zero-order valence-corrected chi connectivity index (χ0v) is 11.1. The Balaban J connectivity index is 2.40. The summed E-state index contributed by atoms with van der Waals surface area (Å²) < 4.78 is 5.81. The molecule has 0 bridgehead atoms. The van der Waals surface area contributed by atoms with E-state index >= 15 is 0 Å². The average molecular weight is 322 g/mol. The third-order valence-electron chi connectivity index (χ3n) is 2.12. The highest BCUT2D eigenvalue weighted by molar-refractivity contribution is 9.10. The average Bonchev–Trinajstić information content (AvgIpc) is 2.67. The van der Waals surface area contributed by atoms with E-state index in [9.17, 15) is 5.11 Å². The molecule has 0 saturated heterocycles. The summed E-state index contributed by atoms with van der Waals surface area (Å²) in [6.07, 6.45) is -0.919. The van der Waals surface area contributed by atoms with Gasteiger partial charge in [0.25, 0.3) is 0 Å². The van der Waals surface area contributed by atoms with Crippen molar-refractivity contribution in [2.45, 2.75) is 6.10 Å². The first-order chi connectivity index (χ1) is 7.58. The van der Waals surface area contributed by atoms with Gasteiger partial charge in [-0.3, -0.25) is 0 Å². The summed E-state index contributed by atoms with van der Waals surface area (Å²) >= 11 is 15.0. The molecule has 0 fully saturated rings. The predicted octanol–water partition coefficient (Wildman–Crippen LogP) is 4.43. The molecule has 16 heavy (non-hydrogen) atoms. The van der Waals surface area contributed by atoms with Crippen LogP contribution in [0.2, 0.25) is 10.0 Å². The van der Waals surface area contributed by atoms with Crippen LogP contribution in [0, 0.1) is 0 Å². The molecule has 1 atom stereocenters. The second-order valence-electron chi connectivity index (χ2n) is 3.21. The summed E-state index contributed by atoms with van der Waals surface area (Å²) in [7, 11) is 0. The second kappa shape index (κ2) is 4.80. The van der Waals surface area contributed by atoms with Gasteiger partial charge >= 0.3 is 0 Å². The summed E-state index contributed by atoms with van der Waals surface area (Å²) in [5.74, 6) is 0.413. The first-order valence-corrected chi connectivity index (χ1v) is 6.01. The van der Waals surface area contributed by atoms with Crippen LogP contribution >= 0.6 is 39.1 Å². The molecule has 1 aromatic carbocycles. The van der Waals surface area contributed by atoms with Gasteiger partial charge in [0.1, 0.15) is 11.9 Å². The van der Waals surface area contributed by atoms with E-state index in [4.69, 9.17) is 27.6 Å². The van der Waals surface area contributed by atoms with Crippen molar-refractivity contribution >= 4 is 39.1 Å². The van der Waals surface area contributed by atoms with Gasteiger partial charge in [0.2, 0.25) is 0 Å². The quantitative estimate of drug-likeness (QED) is 0.887. The largest absolute Gasteiger partial charge is 0.451 e. The Kier molecular flexibility index (Phi) is 3.60. The van der Waals surface area contributed by atoms with Crippen molar-refractivity contribution in [3.8, 4) is 0 Å². The van der Waals surface area contributed by atoms with E-state index in [1.54, 1.807) is 30.3 Å². The molecule has 2 nitrogen and oxygen atoms in total. The highest BCUT2D eigenvalue weighted by Gasteiger charge is 2.17. The zero-order chi connectivity index (χ0) is 11.7. The smallest absolute Gasteiger partial charge is 0.169 e. The molecule has 0 aliphatic carbocycles. The number of halogens is 3. The lowest BCUT2D eigenvalue weighted by Gasteiger charge is -2.10. The maximum Gasteiger partial charge on any atom is 0.169 e. The highest BCUT2D eigenvalue weighted by Crippen LogP contribution is 2.32. The van der Waals surface area contributed by atoms with Crippen LogP contribution in [-0.2, 0) is 0 Å². The first-order valence-electron chi connectivity index (χ1n) is 4.46. The van der Waals surface area contributed by atoms with Crippen molar-refractivity contribution in [1.82, 2.24) is 0 Å². The predicted molar refractivity (Wildman–Crippen MR) is 66.9 cm³/mol. The lowest BCUT2D eigenvalue weighted by atomic mass is 10.1. The van der Waals surface area contributed by atoms with Gasteiger partial charge in [-0.2, -0.15) is 0 Å². The van der Waals surface area contributed by atoms with Gasteiger partial charge < -0.3 is 9.52 Å². The van der Waals surface area contributed by atoms with Crippen LogP contribution in [0.4, 0.5) is 0 Å². The number of furan rings is 1. The van der Waals surface area contributed by atoms with Crippen LogP contribution in [0.5, 0.6) is 0 Å². The van der Waals surface area contributed by atoms with Crippen LogP contribution in [0.3, 0.4) is 0 Å². The summed E-state index contributed by atoms with van der Waals surface area (Å²) in [6, 6.07) is 8.30. The molecule has 1 heterocycles. The van der Waals surface area contributed by atoms with Crippen molar-refractivity contribution in [1.29, 1.82) is 0 Å². The van der Waals surface area contributed by atoms with E-state index in [0.717, 1.165) is 0 Å². The minimum Gasteiger partial charge on any atom is -0.451 e. The van der Waals surface area contributed by atoms with Gasteiger partial charge in [-0.05, 0) is 46.3 Å². The van der Waals surface area contributed by atoms with E-state index in [-0.39, 0.29) is 0 Å². The lowest BCUT2D eigenvalue weighted by Crippen LogP contribution is -1.98. The highest BCUT2D eigenvalue weighted by atomic mass is 79.9. The van der Waals surface area contributed by atoms with Gasteiger partial charge in [-0.15, -0.1) is 0 Å². The summed E-state index contributed by atoms with van der Waals surface area (Å²) in [6.45, 7) is 0. The molecule has 84 valence electrons. The third kappa shape index (κ3) is 2.43. The fourth-order valence-electron chi connectivity index (χ4n) is 1.35. The molecule has 2 rings (SSSR count). The minimum atomic E-state index is -0.919. The molecule has 0 aliphatic heterocycles. The minimum absolute atomic E-state index is 0.413. The van der Waals surface area contributed by atoms with Crippen LogP contribution in [0.1, 0.15) is 17.4 Å². The van der Waals surface area contributed by atoms with E-state index in [1.807, 2.05) is 0 Å². The molecule has 1 unspecified atom stereocenters. The van der Waals surface area contributed by atoms with Gasteiger partial charge in [0.15, 0.2) is 4.67 Å². The van der Waals surface area contributed by atoms with Gasteiger partial charge in [0, 0.05) is 15.6 Å². The van der Waals surface area contributed by atoms with Crippen LogP contribution in [0.15, 0.2) is 39.4 Å². The van der Waals surface area contributed by atoms with E-state index < -0.39 is 6.10 Å². The van der Waals surface area contributed by atoms with Crippen molar-refractivity contribution in [2.24, 2.45) is 0 Å². The first kappa shape index (κ1) is 12.0. The molecule has 1 N–H and O–H groups in total. The fraction of sp³-hybridized carbons (Fsp3) is 0.0909. The topological polar surface area (TPSA) is 33.4 Å². The Hall–Kier alpha value is -0.480. The molecular weight excluding hydrogens is 315 g/mol. The summed E-state index contributed by atoms with van der Waals surface area (Å²) in [5, 5.41) is 11.0. The molecule has 0 saturated carbocycles. The number of benzene rings is 1. The van der Waals surface area contributed by atoms with E-state index in [0.29, 0.717) is 26.0 Å². The Morgan fingerprint density at radius 3 is 2.56 bits per heavy atom. The fourth-order valence-corrected chi connectivity index (χ4v) is 2.07. The lowest BCUT2D eigenvalue weighted by molar-refractivity contribution is 0.188. The van der Waals surface area contributed by atoms with E-state index in [2.05, 4.69) is 15.9 Å². The normalized spacial score (nSPS) is 12.8. The Labute approximate surface area is 111 Å². The Morgan fingerprint density at radius 1 is 1.19 bits per heavy atom. The maximum absolute atomic E-state index is 10.1. The molecule has 0 aliphatic rings. The number of aliphatic hydroxyl groups excluding tert-OH is 1. The van der Waals surface area contributed by atoms with Crippen LogP contribution in [0.25, 0.3) is 0 Å². The molecule has 5 heteroatoms. The number of rotatable bonds is 2. The SMILES string of the molecule is OC(c1ccc(Br)o1)c1cc(Cl)ccc1Cl. The standard InChI is InChI=1S/C11H7BrCl2O2/c12-10-4-3-9(16-10)11(15)7-5-6(13)1-2-8(7)14/h1-5,11,15H. The third-order valence-corrected chi connectivity index (χ3v) is 3.12. The molecule has 0 radical (unpaired) electrons. The van der Waals surface area contributed by atoms with Crippen molar-refractivity contribution in [3.63, 3.8) is 0 Å². The number of aliphatic hydroxyl groups is 1. The van der Waals surface area contributed by atoms with Gasteiger partial charge in [0.05, 0.1) is 0 Å². The van der Waals surface area contributed by atoms with E-state index in [1.165, 1.54) is 0 Å². The maximum atomic E-state index is 10.1. The van der Waals surface area contributed by atoms with Gasteiger partial charge in [-0.1, -0.05) is 23.2 Å². The molecular formula is C11H7BrCl2O2. The Morgan fingerprint density at radius 2 is 1.94 bits per heavy atom. The molecule has 2 aromatic rings. The zero-order valence-electron chi connectivity index (χ0n) is 7.95. The van der Waals surface area contributed by atoms with Crippen molar-refractivity contribution in [2.75, 3.05) is 0 Å². The van der Waals surface area contributed by atoms with Gasteiger partial charge in [-0.25, -0.2) is 0 Å². The molecule has 1 aromatic heterocycles. The molecule has 0 amide bonds. The monoisotopic (exact) mass is 320 g/mol. The van der Waals surface area contributed by atoms with Crippen LogP contribution in [-0.4, -0.2) is 5.11 Å². The van der Waals surface area contributed by atoms with Crippen molar-refractivity contribution in [3.05, 3.63) is 56.4 Å². The van der Waals surface area contributed by atoms with Crippen LogP contribution < -0.4 is 0 Å². The number of hydrogen-bond donors (Lipinski definition) is 1. The van der Waals surface area contributed by atoms with Crippen molar-refractivity contribution < 1.29 is 9.52 Å². The molecule has 0 spiro atoms. The number of hydrogen-bond acceptors (Lipinski definition) is 2. The summed E-state index contributed by atoms with van der Waals surface area (Å²) in [4.78, 5) is 0. The second-order valence-corrected chi connectivity index (χ2v) is 4.84.